The van der Waals surface area contributed by atoms with E-state index in [9.17, 15) is 9.59 Å². The number of amides is 1. The summed E-state index contributed by atoms with van der Waals surface area (Å²) in [4.78, 5) is 27.8. The van der Waals surface area contributed by atoms with Gasteiger partial charge in [0.1, 0.15) is 0 Å². The van der Waals surface area contributed by atoms with E-state index in [0.717, 1.165) is 15.3 Å². The van der Waals surface area contributed by atoms with Crippen LogP contribution in [-0.4, -0.2) is 42.8 Å². The van der Waals surface area contributed by atoms with E-state index < -0.39 is 0 Å². The molecule has 0 aromatic carbocycles. The number of likely N-dealkylation sites (N-methyl/N-ethyl adjacent to an activating group) is 2. The molecular weight excluding hydrogens is 260 g/mol. The first-order valence-electron chi connectivity index (χ1n) is 6.57. The Morgan fingerprint density at radius 1 is 1.26 bits per heavy atom. The van der Waals surface area contributed by atoms with E-state index in [2.05, 4.69) is 5.32 Å². The molecule has 5 heteroatoms. The molecule has 1 N–H and O–H groups in total. The maximum atomic E-state index is 12.2. The topological polar surface area (TPSA) is 49.4 Å². The zero-order valence-electron chi connectivity index (χ0n) is 12.1. The largest absolute Gasteiger partial charge is 0.355 e. The Balaban J connectivity index is 2.63. The SMILES string of the molecule is CCNC(=O)CN(CC)CC(=O)c1cc(C)sc1C. The molecule has 1 aromatic heterocycles. The molecular formula is C14H22N2O2S. The molecule has 4 nitrogen and oxygen atoms in total. The van der Waals surface area contributed by atoms with Crippen molar-refractivity contribution < 1.29 is 9.59 Å². The smallest absolute Gasteiger partial charge is 0.234 e. The number of rotatable bonds is 7. The van der Waals surface area contributed by atoms with Crippen LogP contribution in [0.3, 0.4) is 0 Å². The van der Waals surface area contributed by atoms with Crippen molar-refractivity contribution in [1.29, 1.82) is 0 Å². The van der Waals surface area contributed by atoms with Crippen LogP contribution in [0.1, 0.15) is 34.0 Å². The van der Waals surface area contributed by atoms with Crippen LogP contribution < -0.4 is 5.32 Å². The van der Waals surface area contributed by atoms with Crippen molar-refractivity contribution in [3.63, 3.8) is 0 Å². The second-order valence-corrected chi connectivity index (χ2v) is 5.97. The van der Waals surface area contributed by atoms with Gasteiger partial charge in [-0.2, -0.15) is 0 Å². The summed E-state index contributed by atoms with van der Waals surface area (Å²) < 4.78 is 0. The van der Waals surface area contributed by atoms with Crippen LogP contribution in [-0.2, 0) is 4.79 Å². The number of hydrogen-bond acceptors (Lipinski definition) is 4. The van der Waals surface area contributed by atoms with Gasteiger partial charge in [-0.1, -0.05) is 6.92 Å². The summed E-state index contributed by atoms with van der Waals surface area (Å²) >= 11 is 1.64. The van der Waals surface area contributed by atoms with Gasteiger partial charge in [0.15, 0.2) is 5.78 Å². The Morgan fingerprint density at radius 2 is 1.95 bits per heavy atom. The minimum Gasteiger partial charge on any atom is -0.355 e. The van der Waals surface area contributed by atoms with Crippen LogP contribution in [0.25, 0.3) is 0 Å². The summed E-state index contributed by atoms with van der Waals surface area (Å²) in [5, 5.41) is 2.75. The highest BCUT2D eigenvalue weighted by Crippen LogP contribution is 2.21. The molecule has 1 heterocycles. The fraction of sp³-hybridized carbons (Fsp3) is 0.571. The van der Waals surface area contributed by atoms with E-state index in [1.54, 1.807) is 11.3 Å². The Hall–Kier alpha value is -1.20. The minimum atomic E-state index is -0.0321. The van der Waals surface area contributed by atoms with Crippen molar-refractivity contribution in [3.8, 4) is 0 Å². The van der Waals surface area contributed by atoms with Crippen LogP contribution in [0.4, 0.5) is 0 Å². The Morgan fingerprint density at radius 3 is 2.42 bits per heavy atom. The number of hydrogen-bond donors (Lipinski definition) is 1. The first kappa shape index (κ1) is 15.9. The molecule has 0 bridgehead atoms. The zero-order chi connectivity index (χ0) is 14.4. The molecule has 1 rings (SSSR count). The Bertz CT molecular complexity index is 454. The van der Waals surface area contributed by atoms with Gasteiger partial charge in [-0.3, -0.25) is 14.5 Å². The van der Waals surface area contributed by atoms with Crippen molar-refractivity contribution in [2.75, 3.05) is 26.2 Å². The highest BCUT2D eigenvalue weighted by atomic mass is 32.1. The number of Topliss-reactive ketones (excluding diaryl/α,β-unsaturated/α-hetero) is 1. The molecule has 0 saturated heterocycles. The summed E-state index contributed by atoms with van der Waals surface area (Å²) in [5.41, 5.74) is 0.789. The summed E-state index contributed by atoms with van der Waals surface area (Å²) in [7, 11) is 0. The molecule has 106 valence electrons. The van der Waals surface area contributed by atoms with Crippen molar-refractivity contribution in [2.45, 2.75) is 27.7 Å². The van der Waals surface area contributed by atoms with Crippen LogP contribution in [0.5, 0.6) is 0 Å². The van der Waals surface area contributed by atoms with E-state index in [-0.39, 0.29) is 18.2 Å². The molecule has 0 saturated carbocycles. The maximum Gasteiger partial charge on any atom is 0.234 e. The van der Waals surface area contributed by atoms with Crippen LogP contribution in [0.15, 0.2) is 6.07 Å². The van der Waals surface area contributed by atoms with Crippen molar-refractivity contribution in [2.24, 2.45) is 0 Å². The summed E-state index contributed by atoms with van der Waals surface area (Å²) in [6, 6.07) is 1.93. The third kappa shape index (κ3) is 4.76. The van der Waals surface area contributed by atoms with E-state index in [0.29, 0.717) is 19.6 Å². The summed E-state index contributed by atoms with van der Waals surface area (Å²) in [6.45, 7) is 9.68. The van der Waals surface area contributed by atoms with Crippen LogP contribution in [0, 0.1) is 13.8 Å². The molecule has 1 aromatic rings. The molecule has 0 aliphatic heterocycles. The van der Waals surface area contributed by atoms with Gasteiger partial charge in [0.2, 0.25) is 5.91 Å². The lowest BCUT2D eigenvalue weighted by Gasteiger charge is -2.18. The molecule has 19 heavy (non-hydrogen) atoms. The second kappa shape index (κ2) is 7.40. The summed E-state index contributed by atoms with van der Waals surface area (Å²) in [5.74, 6) is 0.0587. The highest BCUT2D eigenvalue weighted by Gasteiger charge is 2.16. The maximum absolute atomic E-state index is 12.2. The molecule has 1 amide bonds. The predicted octanol–water partition coefficient (Wildman–Crippen LogP) is 2.01. The number of nitrogens with zero attached hydrogens (tertiary/aromatic N) is 1. The van der Waals surface area contributed by atoms with Crippen LogP contribution in [0.2, 0.25) is 0 Å². The lowest BCUT2D eigenvalue weighted by molar-refractivity contribution is -0.121. The predicted molar refractivity (Wildman–Crippen MR) is 78.9 cm³/mol. The molecule has 0 aliphatic carbocycles. The van der Waals surface area contributed by atoms with Gasteiger partial charge in [-0.25, -0.2) is 0 Å². The Labute approximate surface area is 118 Å². The van der Waals surface area contributed by atoms with Gasteiger partial charge in [0.05, 0.1) is 13.1 Å². The van der Waals surface area contributed by atoms with E-state index >= 15 is 0 Å². The van der Waals surface area contributed by atoms with E-state index in [1.165, 1.54) is 0 Å². The third-order valence-corrected chi connectivity index (χ3v) is 3.86. The van der Waals surface area contributed by atoms with Gasteiger partial charge in [-0.15, -0.1) is 11.3 Å². The molecule has 0 atom stereocenters. The first-order valence-corrected chi connectivity index (χ1v) is 7.38. The normalized spacial score (nSPS) is 10.8. The zero-order valence-corrected chi connectivity index (χ0v) is 12.9. The third-order valence-electron chi connectivity index (χ3n) is 2.90. The van der Waals surface area contributed by atoms with E-state index in [4.69, 9.17) is 0 Å². The minimum absolute atomic E-state index is 0.0321. The van der Waals surface area contributed by atoms with Crippen molar-refractivity contribution >= 4 is 23.0 Å². The van der Waals surface area contributed by atoms with Gasteiger partial charge in [-0.05, 0) is 33.4 Å². The second-order valence-electron chi connectivity index (χ2n) is 4.51. The molecule has 0 spiro atoms. The molecule has 0 radical (unpaired) electrons. The molecule has 0 fully saturated rings. The highest BCUT2D eigenvalue weighted by molar-refractivity contribution is 7.12. The number of carbonyl (C=O) groups excluding carboxylic acids is 2. The van der Waals surface area contributed by atoms with E-state index in [1.807, 2.05) is 38.7 Å². The molecule has 0 aliphatic rings. The monoisotopic (exact) mass is 282 g/mol. The lowest BCUT2D eigenvalue weighted by Crippen LogP contribution is -2.39. The number of aryl methyl sites for hydroxylation is 2. The number of ketones is 1. The average molecular weight is 282 g/mol. The van der Waals surface area contributed by atoms with Crippen molar-refractivity contribution in [3.05, 3.63) is 21.4 Å². The Kier molecular flexibility index (Phi) is 6.18. The number of thiophene rings is 1. The molecule has 0 unspecified atom stereocenters. The van der Waals surface area contributed by atoms with Gasteiger partial charge in [0.25, 0.3) is 0 Å². The fourth-order valence-electron chi connectivity index (χ4n) is 1.93. The fourth-order valence-corrected chi connectivity index (χ4v) is 2.87. The average Bonchev–Trinajstić information content (AvgIpc) is 2.67. The first-order chi connectivity index (χ1) is 8.97. The van der Waals surface area contributed by atoms with Gasteiger partial charge < -0.3 is 5.32 Å². The van der Waals surface area contributed by atoms with Crippen molar-refractivity contribution in [1.82, 2.24) is 10.2 Å². The van der Waals surface area contributed by atoms with Gasteiger partial charge in [0, 0.05) is 21.9 Å². The standard InChI is InChI=1S/C14H22N2O2S/c1-5-15-14(18)9-16(6-2)8-13(17)12-7-10(3)19-11(12)4/h7H,5-6,8-9H2,1-4H3,(H,15,18). The summed E-state index contributed by atoms with van der Waals surface area (Å²) in [6.07, 6.45) is 0. The number of carbonyl (C=O) groups is 2. The van der Waals surface area contributed by atoms with Crippen LogP contribution >= 0.6 is 11.3 Å². The number of nitrogens with one attached hydrogen (secondary N) is 1. The lowest BCUT2D eigenvalue weighted by atomic mass is 10.1. The quantitative estimate of drug-likeness (QED) is 0.778. The van der Waals surface area contributed by atoms with Gasteiger partial charge >= 0.3 is 0 Å².